The predicted molar refractivity (Wildman–Crippen MR) is 168 cm³/mol. The molecule has 2 atom stereocenters. The summed E-state index contributed by atoms with van der Waals surface area (Å²) in [5, 5.41) is 8.09. The number of carbonyl (C=O) groups excluding carboxylic acids is 4. The highest BCUT2D eigenvalue weighted by Crippen LogP contribution is 2.31. The van der Waals surface area contributed by atoms with E-state index in [1.807, 2.05) is 36.4 Å². The molecule has 2 fully saturated rings. The molecule has 2 aliphatic rings. The second-order valence-corrected chi connectivity index (χ2v) is 11.9. The second-order valence-electron chi connectivity index (χ2n) is 11.9. The van der Waals surface area contributed by atoms with Crippen molar-refractivity contribution < 1.29 is 38.1 Å². The molecule has 2 saturated heterocycles. The van der Waals surface area contributed by atoms with Gasteiger partial charge >= 0.3 is 11.9 Å². The number of nitrogens with one attached hydrogen (secondary N) is 1. The summed E-state index contributed by atoms with van der Waals surface area (Å²) in [4.78, 5) is 54.2. The van der Waals surface area contributed by atoms with E-state index in [0.29, 0.717) is 37.6 Å². The Morgan fingerprint density at radius 1 is 1.04 bits per heavy atom. The van der Waals surface area contributed by atoms with Crippen LogP contribution in [-0.2, 0) is 33.4 Å². The van der Waals surface area contributed by atoms with Crippen LogP contribution >= 0.6 is 12.4 Å². The van der Waals surface area contributed by atoms with Crippen molar-refractivity contribution in [1.29, 1.82) is 5.41 Å². The van der Waals surface area contributed by atoms with Crippen LogP contribution in [0.15, 0.2) is 48.5 Å². The molecular weight excluding hydrogens is 604 g/mol. The van der Waals surface area contributed by atoms with Gasteiger partial charge in [0.15, 0.2) is 0 Å². The van der Waals surface area contributed by atoms with Crippen molar-refractivity contribution in [3.63, 3.8) is 0 Å². The molecule has 2 amide bonds. The van der Waals surface area contributed by atoms with Crippen LogP contribution in [0.1, 0.15) is 39.2 Å². The summed E-state index contributed by atoms with van der Waals surface area (Å²) < 4.78 is 21.5. The molecule has 2 aliphatic heterocycles. The van der Waals surface area contributed by atoms with Gasteiger partial charge in [-0.1, -0.05) is 30.3 Å². The van der Waals surface area contributed by atoms with Crippen molar-refractivity contribution in [3.05, 3.63) is 54.1 Å². The van der Waals surface area contributed by atoms with Crippen LogP contribution in [0, 0.1) is 16.7 Å². The molecular formula is C32H41ClN4O8. The predicted octanol–water partition coefficient (Wildman–Crippen LogP) is 2.99. The molecule has 12 nitrogen and oxygen atoms in total. The number of nitrogens with two attached hydrogens (primary N) is 1. The molecule has 13 heteroatoms. The summed E-state index contributed by atoms with van der Waals surface area (Å²) in [6.07, 6.45) is 0.0265. The van der Waals surface area contributed by atoms with Crippen LogP contribution in [0.5, 0.6) is 5.75 Å². The van der Waals surface area contributed by atoms with Gasteiger partial charge in [0, 0.05) is 18.7 Å². The van der Waals surface area contributed by atoms with E-state index in [-0.39, 0.29) is 56.1 Å². The number of hydrogen-bond acceptors (Lipinski definition) is 9. The van der Waals surface area contributed by atoms with E-state index in [1.54, 1.807) is 37.8 Å². The maximum Gasteiger partial charge on any atom is 0.314 e. The molecule has 0 aromatic heterocycles. The lowest BCUT2D eigenvalue weighted by Gasteiger charge is -2.30. The third-order valence-electron chi connectivity index (χ3n) is 7.54. The average molecular weight is 645 g/mol. The van der Waals surface area contributed by atoms with Crippen LogP contribution < -0.4 is 10.5 Å². The van der Waals surface area contributed by atoms with Crippen molar-refractivity contribution >= 4 is 42.0 Å². The van der Waals surface area contributed by atoms with E-state index in [2.05, 4.69) is 0 Å². The zero-order chi connectivity index (χ0) is 31.9. The van der Waals surface area contributed by atoms with Gasteiger partial charge in [0.1, 0.15) is 24.7 Å². The summed E-state index contributed by atoms with van der Waals surface area (Å²) in [5.41, 5.74) is 7.34. The highest BCUT2D eigenvalue weighted by atomic mass is 35.5. The van der Waals surface area contributed by atoms with Crippen molar-refractivity contribution in [1.82, 2.24) is 9.80 Å². The zero-order valence-electron chi connectivity index (χ0n) is 25.8. The molecule has 45 heavy (non-hydrogen) atoms. The number of hydrogen-bond donors (Lipinski definition) is 2. The number of carbonyl (C=O) groups is 4. The topological polar surface area (TPSA) is 162 Å². The standard InChI is InChI=1S/C32H40N4O8.ClH/c1-32(2,3)31(40)44-20-43-28(38)16-22-15-23(36(30(22)39)18-27(37)35-11-13-41-14-12-35)19-42-24-9-10-25(26(17-24)29(33)34)21-7-5-4-6-8-21;/h4-10,17,22-23H,11-16,18-20H2,1-3H3,(H3,33,34);1H/t22-,23-;/m0./s1. The van der Waals surface area contributed by atoms with Gasteiger partial charge in [0.05, 0.1) is 37.0 Å². The number of amides is 2. The van der Waals surface area contributed by atoms with Gasteiger partial charge in [0.2, 0.25) is 18.6 Å². The molecule has 3 N–H and O–H groups in total. The Kier molecular flexibility index (Phi) is 12.3. The summed E-state index contributed by atoms with van der Waals surface area (Å²) in [5.74, 6) is -2.17. The largest absolute Gasteiger partial charge is 0.491 e. The SMILES string of the molecule is CC(C)(C)C(=O)OCOC(=O)C[C@@H]1C[C@@H](COc2ccc(-c3ccccc3)c(C(=N)N)c2)N(CC(=O)N2CCOCC2)C1=O.Cl. The molecule has 0 bridgehead atoms. The van der Waals surface area contributed by atoms with E-state index >= 15 is 0 Å². The first-order valence-electron chi connectivity index (χ1n) is 14.6. The van der Waals surface area contributed by atoms with Gasteiger partial charge in [-0.2, -0.15) is 0 Å². The van der Waals surface area contributed by atoms with E-state index in [0.717, 1.165) is 11.1 Å². The summed E-state index contributed by atoms with van der Waals surface area (Å²) in [6, 6.07) is 14.3. The van der Waals surface area contributed by atoms with Crippen molar-refractivity contribution in [2.75, 3.05) is 46.2 Å². The highest BCUT2D eigenvalue weighted by molar-refractivity contribution is 6.02. The van der Waals surface area contributed by atoms with Crippen molar-refractivity contribution in [3.8, 4) is 16.9 Å². The van der Waals surface area contributed by atoms with Crippen molar-refractivity contribution in [2.45, 2.75) is 39.7 Å². The average Bonchev–Trinajstić information content (AvgIpc) is 3.29. The molecule has 0 saturated carbocycles. The molecule has 0 unspecified atom stereocenters. The molecule has 2 aromatic rings. The first kappa shape index (κ1) is 35.3. The maximum absolute atomic E-state index is 13.5. The lowest BCUT2D eigenvalue weighted by molar-refractivity contribution is -0.174. The van der Waals surface area contributed by atoms with E-state index in [4.69, 9.17) is 30.1 Å². The Labute approximate surface area is 269 Å². The quantitative estimate of drug-likeness (QED) is 0.162. The van der Waals surface area contributed by atoms with Gasteiger partial charge < -0.3 is 34.5 Å². The van der Waals surface area contributed by atoms with Crippen LogP contribution in [0.2, 0.25) is 0 Å². The number of benzene rings is 2. The van der Waals surface area contributed by atoms with Gasteiger partial charge in [-0.25, -0.2) is 0 Å². The summed E-state index contributed by atoms with van der Waals surface area (Å²) in [7, 11) is 0. The Morgan fingerprint density at radius 3 is 2.38 bits per heavy atom. The fraction of sp³-hybridized carbons (Fsp3) is 0.469. The van der Waals surface area contributed by atoms with Gasteiger partial charge in [-0.15, -0.1) is 12.4 Å². The Morgan fingerprint density at radius 2 is 1.73 bits per heavy atom. The number of rotatable bonds is 11. The summed E-state index contributed by atoms with van der Waals surface area (Å²) >= 11 is 0. The number of morpholine rings is 1. The molecule has 0 spiro atoms. The van der Waals surface area contributed by atoms with Crippen LogP contribution in [-0.4, -0.2) is 91.7 Å². The molecule has 0 aliphatic carbocycles. The number of ether oxygens (including phenoxy) is 4. The summed E-state index contributed by atoms with van der Waals surface area (Å²) in [6.45, 7) is 6.13. The molecule has 4 rings (SSSR count). The Balaban J connectivity index is 0.00000552. The first-order chi connectivity index (χ1) is 20.9. The van der Waals surface area contributed by atoms with Crippen molar-refractivity contribution in [2.24, 2.45) is 17.1 Å². The third-order valence-corrected chi connectivity index (χ3v) is 7.54. The smallest absolute Gasteiger partial charge is 0.314 e. The fourth-order valence-electron chi connectivity index (χ4n) is 5.09. The number of likely N-dealkylation sites (tertiary alicyclic amines) is 1. The molecule has 244 valence electrons. The molecule has 2 heterocycles. The monoisotopic (exact) mass is 644 g/mol. The number of nitrogens with zero attached hydrogens (tertiary/aromatic N) is 2. The molecule has 2 aromatic carbocycles. The lowest BCUT2D eigenvalue weighted by atomic mass is 9.98. The number of amidine groups is 1. The second kappa shape index (κ2) is 15.7. The Bertz CT molecular complexity index is 1370. The van der Waals surface area contributed by atoms with Crippen LogP contribution in [0.4, 0.5) is 0 Å². The van der Waals surface area contributed by atoms with Gasteiger partial charge in [-0.05, 0) is 56.5 Å². The number of nitrogen functional groups attached to an aromatic ring is 1. The number of halogens is 1. The zero-order valence-corrected chi connectivity index (χ0v) is 26.6. The van der Waals surface area contributed by atoms with E-state index in [9.17, 15) is 19.2 Å². The van der Waals surface area contributed by atoms with Crippen LogP contribution in [0.25, 0.3) is 11.1 Å². The minimum Gasteiger partial charge on any atom is -0.491 e. The van der Waals surface area contributed by atoms with Gasteiger partial charge in [0.25, 0.3) is 0 Å². The normalized spacial score (nSPS) is 18.2. The van der Waals surface area contributed by atoms with Gasteiger partial charge in [-0.3, -0.25) is 24.6 Å². The lowest BCUT2D eigenvalue weighted by Crippen LogP contribution is -2.48. The third kappa shape index (κ3) is 9.41. The van der Waals surface area contributed by atoms with E-state index < -0.39 is 36.1 Å². The minimum atomic E-state index is -0.748. The minimum absolute atomic E-state index is 0. The number of esters is 2. The van der Waals surface area contributed by atoms with E-state index in [1.165, 1.54) is 4.90 Å². The fourth-order valence-corrected chi connectivity index (χ4v) is 5.09. The highest BCUT2D eigenvalue weighted by Gasteiger charge is 2.42. The first-order valence-corrected chi connectivity index (χ1v) is 14.6. The molecule has 0 radical (unpaired) electrons. The Hall–Kier alpha value is -4.16. The maximum atomic E-state index is 13.5. The van der Waals surface area contributed by atoms with Crippen LogP contribution in [0.3, 0.4) is 0 Å².